The fourth-order valence-corrected chi connectivity index (χ4v) is 30.1. The van der Waals surface area contributed by atoms with Gasteiger partial charge in [-0.2, -0.15) is 6.42 Å². The Kier molecular flexibility index (Phi) is 32.9. The molecule has 578 valence electrons. The molecule has 28 nitrogen and oxygen atoms in total. The molecule has 6 aromatic rings. The van der Waals surface area contributed by atoms with Crippen molar-refractivity contribution in [2.75, 3.05) is 75.4 Å². The molecule has 5 aliphatic heterocycles. The number of nitrogens with zero attached hydrogens (tertiary/aromatic N) is 11. The smallest absolute Gasteiger partial charge is 0.772 e. The molecule has 2 aromatic heterocycles. The van der Waals surface area contributed by atoms with E-state index in [0.29, 0.717) is 223 Å². The van der Waals surface area contributed by atoms with Crippen molar-refractivity contribution in [2.24, 2.45) is 30.0 Å². The molecule has 38 heteroatoms. The van der Waals surface area contributed by atoms with Crippen LogP contribution in [0.1, 0.15) is 138 Å². The molecule has 110 heavy (non-hydrogen) atoms. The van der Waals surface area contributed by atoms with Crippen molar-refractivity contribution in [3.63, 3.8) is 0 Å². The van der Waals surface area contributed by atoms with E-state index in [9.17, 15) is 62.1 Å². The number of rotatable bonds is 42. The second-order valence-corrected chi connectivity index (χ2v) is 47.0. The van der Waals surface area contributed by atoms with Crippen LogP contribution in [-0.4, -0.2) is 212 Å². The van der Waals surface area contributed by atoms with Crippen molar-refractivity contribution in [3.05, 3.63) is 137 Å². The Bertz CT molecular complexity index is 4810. The van der Waals surface area contributed by atoms with Crippen LogP contribution in [0.2, 0.25) is 38.3 Å². The van der Waals surface area contributed by atoms with Crippen LogP contribution in [0.25, 0.3) is 21.5 Å². The molecule has 0 radical (unpaired) electrons. The number of hydroxylamine groups is 2. The minimum absolute atomic E-state index is 0. The topological polar surface area (TPSA) is 378 Å². The van der Waals surface area contributed by atoms with Gasteiger partial charge in [-0.15, -0.1) is 5.06 Å². The molecule has 0 spiro atoms. The first kappa shape index (κ1) is 91.7. The summed E-state index contributed by atoms with van der Waals surface area (Å²) in [6.07, 6.45) is 5.96. The van der Waals surface area contributed by atoms with Crippen LogP contribution in [0.15, 0.2) is 127 Å². The van der Waals surface area contributed by atoms with E-state index in [4.69, 9.17) is 43.0 Å². The summed E-state index contributed by atoms with van der Waals surface area (Å²) < 4.78 is 154. The molecule has 0 saturated carbocycles. The zero-order valence-corrected chi connectivity index (χ0v) is 76.3. The zero-order valence-electron chi connectivity index (χ0n) is 64.1. The van der Waals surface area contributed by atoms with Gasteiger partial charge in [0.1, 0.15) is 22.6 Å². The third-order valence-corrected chi connectivity index (χ3v) is 35.2. The average Bonchev–Trinajstić information content (AvgIpc) is 1.52. The molecule has 3 unspecified atom stereocenters. The Balaban J connectivity index is 0.00000507. The number of carbonyl (C=O) groups is 3. The molecule has 0 N–H and O–H groups in total. The predicted octanol–water partition coefficient (Wildman–Crippen LogP) is -0.342. The van der Waals surface area contributed by atoms with E-state index in [1.165, 1.54) is 0 Å². The van der Waals surface area contributed by atoms with Crippen molar-refractivity contribution in [2.45, 2.75) is 154 Å². The molecule has 11 rings (SSSR count). The molecule has 4 aromatic carbocycles. The summed E-state index contributed by atoms with van der Waals surface area (Å²) >= 11 is -2.31. The summed E-state index contributed by atoms with van der Waals surface area (Å²) in [7, 11) is -25.3. The maximum atomic E-state index is 13.0. The Morgan fingerprint density at radius 1 is 0.482 bits per heavy atom. The minimum atomic E-state index is -4.89. The summed E-state index contributed by atoms with van der Waals surface area (Å²) in [4.78, 5) is 76.1. The van der Waals surface area contributed by atoms with E-state index in [1.807, 2.05) is 97.1 Å². The first-order chi connectivity index (χ1) is 50.8. The van der Waals surface area contributed by atoms with Gasteiger partial charge in [0.05, 0.1) is 82.7 Å². The van der Waals surface area contributed by atoms with E-state index in [1.54, 1.807) is 0 Å². The van der Waals surface area contributed by atoms with Crippen molar-refractivity contribution in [1.82, 2.24) is 13.5 Å². The normalized spacial score (nSPS) is 16.9. The fraction of sp³-hybridized carbons (Fsp3) is 0.500. The van der Waals surface area contributed by atoms with Crippen LogP contribution in [0, 0.1) is 6.92 Å². The number of fused-ring (bicyclic) bond motifs is 14. The van der Waals surface area contributed by atoms with Gasteiger partial charge in [-0.05, 0) is 128 Å². The van der Waals surface area contributed by atoms with E-state index < -0.39 is 102 Å². The van der Waals surface area contributed by atoms with E-state index >= 15 is 0 Å². The van der Waals surface area contributed by atoms with E-state index in [-0.39, 0.29) is 133 Å². The maximum Gasteiger partial charge on any atom is 1.00 e. The van der Waals surface area contributed by atoms with Crippen molar-refractivity contribution < 1.29 is 173 Å². The van der Waals surface area contributed by atoms with Gasteiger partial charge in [-0.3, -0.25) is 22.3 Å². The Morgan fingerprint density at radius 2 is 0.827 bits per heavy atom. The maximum absolute atomic E-state index is 13.0. The number of amides is 2. The molecule has 5 aliphatic rings. The Labute approximate surface area is 716 Å². The second-order valence-electron chi connectivity index (χ2n) is 29.7. The Hall–Kier alpha value is -3.82. The van der Waals surface area contributed by atoms with Gasteiger partial charge in [0.25, 0.3) is 11.8 Å². The average molecular weight is 1670 g/mol. The number of aromatic nitrogens is 2. The number of aliphatic imine (C=N–C) groups is 4. The van der Waals surface area contributed by atoms with Gasteiger partial charge < -0.3 is 47.2 Å². The quantitative estimate of drug-likeness (QED) is 0.00899. The number of unbranched alkanes of at least 4 members (excludes halogenated alkanes) is 7. The van der Waals surface area contributed by atoms with Crippen molar-refractivity contribution in [3.8, 4) is 0 Å². The monoisotopic (exact) mass is 1670 g/mol. The molecule has 1 saturated heterocycles. The van der Waals surface area contributed by atoms with Crippen LogP contribution in [0.3, 0.4) is 0 Å². The number of benzene rings is 4. The molecule has 2 amide bonds. The molecular formula is C72H94N11Na3O17S4Si3. The largest absolute Gasteiger partial charge is 1.00 e. The van der Waals surface area contributed by atoms with Gasteiger partial charge in [0, 0.05) is 86.1 Å². The first-order valence-electron chi connectivity index (χ1n) is 36.9. The van der Waals surface area contributed by atoms with Gasteiger partial charge in [-0.25, -0.2) is 60.0 Å². The van der Waals surface area contributed by atoms with E-state index in [2.05, 4.69) is 41.6 Å². The number of quaternary nitrogens is 2. The minimum Gasteiger partial charge on any atom is -0.772 e. The summed E-state index contributed by atoms with van der Waals surface area (Å²) in [5.41, 5.74) is 3.84. The molecule has 3 atom stereocenters. The molecule has 6 bridgehead atoms. The number of amidine groups is 4. The molecule has 7 heterocycles. The van der Waals surface area contributed by atoms with Crippen LogP contribution in [0.4, 0.5) is 11.6 Å². The van der Waals surface area contributed by atoms with Gasteiger partial charge in [0.15, 0.2) is 40.0 Å². The molecule has 0 aliphatic carbocycles. The van der Waals surface area contributed by atoms with Crippen molar-refractivity contribution in [1.29, 1.82) is 0 Å². The first-order valence-corrected chi connectivity index (χ1v) is 50.8. The standard InChI is InChI=1S/C72H97N11O17S4Si3.3Na/c1-6-7-40-82(43-20-24-49-102(89,90)91,44-21-25-50-103(92,93)94)46-27-52-105(2,3)99-107(100-106(4,5)53-28-47-83(42-19-23-48-101(87)88,45-22-26-51-104(95,96)97)41-18-8-9-37-64(86)98-79-62(84)38-39-63(79)85)80-69-58-33-14-15-34-59(58)71(80)77-67-56-31-12-13-32-57(56)68(74-67)78-72-61-36-17-16-35-60(61)70(81(72)107)76-66-55-30-11-10-29-54(55)65(73-66)75-69;;;/h10-17,29-36H,1,6-9,18-28,37-53H2,2-5H3,(H3-,87,88,89,90,91,92,93,94,95,96,97);;;/q;3*+1/p-3. The summed E-state index contributed by atoms with van der Waals surface area (Å²) in [6.45, 7) is 16.9. The third kappa shape index (κ3) is 23.3. The van der Waals surface area contributed by atoms with Crippen molar-refractivity contribution >= 4 is 141 Å². The fourth-order valence-electron chi connectivity index (χ4n) is 15.5. The number of imide groups is 1. The van der Waals surface area contributed by atoms with E-state index in [0.717, 1.165) is 22.3 Å². The second kappa shape index (κ2) is 39.4. The van der Waals surface area contributed by atoms with Crippen LogP contribution >= 0.6 is 0 Å². The summed E-state index contributed by atoms with van der Waals surface area (Å²) in [5, 5.41) is 3.34. The molecule has 1 fully saturated rings. The van der Waals surface area contributed by atoms with Gasteiger partial charge in [0.2, 0.25) is 0 Å². The summed E-state index contributed by atoms with van der Waals surface area (Å²) in [6, 6.07) is 32.4. The number of carbonyl (C=O) groups excluding carboxylic acids is 3. The van der Waals surface area contributed by atoms with Gasteiger partial charge >= 0.3 is 104 Å². The van der Waals surface area contributed by atoms with Crippen LogP contribution in [-0.2, 0) is 68.9 Å². The van der Waals surface area contributed by atoms with Crippen LogP contribution < -0.4 is 99.6 Å². The summed E-state index contributed by atoms with van der Waals surface area (Å²) in [5.74, 6) is -1.16. The predicted molar refractivity (Wildman–Crippen MR) is 411 cm³/mol. The zero-order chi connectivity index (χ0) is 76.6. The Morgan fingerprint density at radius 3 is 1.21 bits per heavy atom. The van der Waals surface area contributed by atoms with Crippen LogP contribution in [0.5, 0.6) is 0 Å². The van der Waals surface area contributed by atoms with Gasteiger partial charge in [-0.1, -0.05) is 108 Å². The molecular weight excluding hydrogens is 1570 g/mol. The number of hydrogen-bond acceptors (Lipinski definition) is 23. The number of hydrogen-bond donors (Lipinski definition) is 0. The SMILES string of the molecule is [CH2-]CCC[N+](CCCCS(=O)(=O)[O-])(CCCCS(=O)(=O)[O-])CCC[Si](C)(C)O[Si]1(O[Si](C)(C)CCC[N+](CCCCCC(=O)ON2C(=O)CCC2=O)(CCCCS(=O)[O-])CCCCS(=O)(=O)[O-])n2c3c4ccccc4c2N=C2N=C(N=c4c5ccccc5c(n41)=NC1=NC(=N3)c3ccccc31)c1ccccc12.[Na+].[Na+].[Na+]. The third-order valence-electron chi connectivity index (χ3n) is 20.6.